The normalized spacial score (nSPS) is 10.4. The van der Waals surface area contributed by atoms with Crippen molar-refractivity contribution in [3.05, 3.63) is 65.5 Å². The second kappa shape index (κ2) is 8.32. The zero-order valence-corrected chi connectivity index (χ0v) is 13.6. The third kappa shape index (κ3) is 5.40. The summed E-state index contributed by atoms with van der Waals surface area (Å²) in [6.07, 6.45) is 1.87. The van der Waals surface area contributed by atoms with Crippen LogP contribution in [-0.2, 0) is 17.6 Å². The van der Waals surface area contributed by atoms with E-state index in [1.165, 1.54) is 17.7 Å². The fourth-order valence-electron chi connectivity index (χ4n) is 2.31. The minimum Gasteiger partial charge on any atom is -0.497 e. The Balaban J connectivity index is 1.76. The number of likely N-dealkylation sites (N-methyl/N-ethyl adjacent to an activating group) is 1. The van der Waals surface area contributed by atoms with E-state index in [-0.39, 0.29) is 11.7 Å². The number of benzene rings is 2. The van der Waals surface area contributed by atoms with Gasteiger partial charge >= 0.3 is 0 Å². The monoisotopic (exact) mass is 315 g/mol. The van der Waals surface area contributed by atoms with Gasteiger partial charge in [0, 0.05) is 20.0 Å². The Hall–Kier alpha value is -2.36. The standard InChI is InChI=1S/C19H22FNO2/c1-21(14-13-16-5-10-18(23-2)11-6-16)19(22)12-7-15-3-8-17(20)9-4-15/h3-6,8-11H,7,12-14H2,1-2H3. The molecule has 0 spiro atoms. The van der Waals surface area contributed by atoms with E-state index in [0.717, 1.165) is 17.7 Å². The third-order valence-electron chi connectivity index (χ3n) is 3.86. The first kappa shape index (κ1) is 17.0. The number of carbonyl (C=O) groups is 1. The van der Waals surface area contributed by atoms with Gasteiger partial charge in [-0.05, 0) is 48.2 Å². The summed E-state index contributed by atoms with van der Waals surface area (Å²) >= 11 is 0. The molecule has 122 valence electrons. The molecule has 0 bridgehead atoms. The fourth-order valence-corrected chi connectivity index (χ4v) is 2.31. The van der Waals surface area contributed by atoms with Crippen molar-refractivity contribution in [3.8, 4) is 5.75 Å². The average molecular weight is 315 g/mol. The maximum atomic E-state index is 12.8. The van der Waals surface area contributed by atoms with Crippen LogP contribution in [-0.4, -0.2) is 31.5 Å². The molecule has 0 aromatic heterocycles. The number of nitrogens with zero attached hydrogens (tertiary/aromatic N) is 1. The van der Waals surface area contributed by atoms with Crippen LogP contribution in [0.2, 0.25) is 0 Å². The first-order chi connectivity index (χ1) is 11.1. The Labute approximate surface area is 136 Å². The topological polar surface area (TPSA) is 29.5 Å². The van der Waals surface area contributed by atoms with Crippen LogP contribution in [0.15, 0.2) is 48.5 Å². The molecule has 0 N–H and O–H groups in total. The molecule has 23 heavy (non-hydrogen) atoms. The Kier molecular flexibility index (Phi) is 6.15. The second-order valence-electron chi connectivity index (χ2n) is 5.54. The van der Waals surface area contributed by atoms with Crippen LogP contribution in [0.25, 0.3) is 0 Å². The molecule has 1 amide bonds. The molecule has 0 heterocycles. The number of halogens is 1. The lowest BCUT2D eigenvalue weighted by Crippen LogP contribution is -2.29. The molecular formula is C19H22FNO2. The van der Waals surface area contributed by atoms with E-state index in [1.807, 2.05) is 31.3 Å². The summed E-state index contributed by atoms with van der Waals surface area (Å²) in [5.41, 5.74) is 2.15. The van der Waals surface area contributed by atoms with Crippen molar-refractivity contribution in [2.75, 3.05) is 20.7 Å². The van der Waals surface area contributed by atoms with Crippen molar-refractivity contribution in [2.24, 2.45) is 0 Å². The lowest BCUT2D eigenvalue weighted by Gasteiger charge is -2.17. The summed E-state index contributed by atoms with van der Waals surface area (Å²) < 4.78 is 18.0. The van der Waals surface area contributed by atoms with E-state index >= 15 is 0 Å². The summed E-state index contributed by atoms with van der Waals surface area (Å²) in [6, 6.07) is 14.2. The quantitative estimate of drug-likeness (QED) is 0.783. The number of carbonyl (C=O) groups excluding carboxylic acids is 1. The van der Waals surface area contributed by atoms with Crippen LogP contribution >= 0.6 is 0 Å². The van der Waals surface area contributed by atoms with Crippen molar-refractivity contribution in [1.29, 1.82) is 0 Å². The van der Waals surface area contributed by atoms with Gasteiger partial charge in [0.05, 0.1) is 7.11 Å². The highest BCUT2D eigenvalue weighted by atomic mass is 19.1. The number of amides is 1. The highest BCUT2D eigenvalue weighted by molar-refractivity contribution is 5.76. The van der Waals surface area contributed by atoms with Gasteiger partial charge in [-0.2, -0.15) is 0 Å². The molecule has 2 aromatic carbocycles. The van der Waals surface area contributed by atoms with Crippen LogP contribution in [0, 0.1) is 5.82 Å². The maximum Gasteiger partial charge on any atom is 0.222 e. The molecule has 0 saturated heterocycles. The van der Waals surface area contributed by atoms with Crippen molar-refractivity contribution in [1.82, 2.24) is 4.90 Å². The number of rotatable bonds is 7. The molecule has 0 aliphatic carbocycles. The minimum atomic E-state index is -0.253. The zero-order chi connectivity index (χ0) is 16.7. The highest BCUT2D eigenvalue weighted by Crippen LogP contribution is 2.12. The first-order valence-corrected chi connectivity index (χ1v) is 7.70. The Morgan fingerprint density at radius 1 is 1.00 bits per heavy atom. The molecule has 0 aliphatic rings. The van der Waals surface area contributed by atoms with E-state index in [4.69, 9.17) is 4.74 Å². The van der Waals surface area contributed by atoms with Gasteiger partial charge in [-0.1, -0.05) is 24.3 Å². The molecule has 4 heteroatoms. The maximum absolute atomic E-state index is 12.8. The van der Waals surface area contributed by atoms with Gasteiger partial charge in [-0.3, -0.25) is 4.79 Å². The number of hydrogen-bond acceptors (Lipinski definition) is 2. The summed E-state index contributed by atoms with van der Waals surface area (Å²) in [6.45, 7) is 0.675. The van der Waals surface area contributed by atoms with Gasteiger partial charge in [0.1, 0.15) is 11.6 Å². The minimum absolute atomic E-state index is 0.0998. The summed E-state index contributed by atoms with van der Waals surface area (Å²) in [5.74, 6) is 0.678. The molecule has 0 radical (unpaired) electrons. The molecule has 0 fully saturated rings. The summed E-state index contributed by atoms with van der Waals surface area (Å²) in [4.78, 5) is 13.9. The third-order valence-corrected chi connectivity index (χ3v) is 3.86. The smallest absolute Gasteiger partial charge is 0.222 e. The van der Waals surface area contributed by atoms with Crippen LogP contribution in [0.1, 0.15) is 17.5 Å². The SMILES string of the molecule is COc1ccc(CCN(C)C(=O)CCc2ccc(F)cc2)cc1. The molecule has 2 aromatic rings. The lowest BCUT2D eigenvalue weighted by molar-refractivity contribution is -0.129. The molecule has 2 rings (SSSR count). The van der Waals surface area contributed by atoms with E-state index in [0.29, 0.717) is 19.4 Å². The first-order valence-electron chi connectivity index (χ1n) is 7.70. The van der Waals surface area contributed by atoms with Crippen LogP contribution < -0.4 is 4.74 Å². The highest BCUT2D eigenvalue weighted by Gasteiger charge is 2.09. The number of hydrogen-bond donors (Lipinski definition) is 0. The Morgan fingerprint density at radius 2 is 1.57 bits per heavy atom. The fraction of sp³-hybridized carbons (Fsp3) is 0.316. The van der Waals surface area contributed by atoms with Crippen molar-refractivity contribution in [3.63, 3.8) is 0 Å². The zero-order valence-electron chi connectivity index (χ0n) is 13.6. The molecule has 3 nitrogen and oxygen atoms in total. The molecule has 0 atom stereocenters. The predicted molar refractivity (Wildman–Crippen MR) is 89.1 cm³/mol. The predicted octanol–water partition coefficient (Wildman–Crippen LogP) is 3.47. The van der Waals surface area contributed by atoms with Crippen molar-refractivity contribution < 1.29 is 13.9 Å². The number of methoxy groups -OCH3 is 1. The van der Waals surface area contributed by atoms with E-state index in [9.17, 15) is 9.18 Å². The van der Waals surface area contributed by atoms with Gasteiger partial charge in [0.25, 0.3) is 0 Å². The van der Waals surface area contributed by atoms with E-state index < -0.39 is 0 Å². The van der Waals surface area contributed by atoms with Crippen LogP contribution in [0.4, 0.5) is 4.39 Å². The summed E-state index contributed by atoms with van der Waals surface area (Å²) in [5, 5.41) is 0. The number of ether oxygens (including phenoxy) is 1. The van der Waals surface area contributed by atoms with Crippen LogP contribution in [0.3, 0.4) is 0 Å². The Morgan fingerprint density at radius 3 is 2.17 bits per heavy atom. The van der Waals surface area contributed by atoms with E-state index in [2.05, 4.69) is 0 Å². The molecular weight excluding hydrogens is 293 g/mol. The van der Waals surface area contributed by atoms with Crippen LogP contribution in [0.5, 0.6) is 5.75 Å². The largest absolute Gasteiger partial charge is 0.497 e. The van der Waals surface area contributed by atoms with Gasteiger partial charge < -0.3 is 9.64 Å². The Bertz CT molecular complexity index is 623. The van der Waals surface area contributed by atoms with Crippen molar-refractivity contribution in [2.45, 2.75) is 19.3 Å². The van der Waals surface area contributed by atoms with Gasteiger partial charge in [-0.15, -0.1) is 0 Å². The molecule has 0 unspecified atom stereocenters. The van der Waals surface area contributed by atoms with Crippen molar-refractivity contribution >= 4 is 5.91 Å². The average Bonchev–Trinajstić information content (AvgIpc) is 2.59. The lowest BCUT2D eigenvalue weighted by atomic mass is 10.1. The molecule has 0 aliphatic heterocycles. The van der Waals surface area contributed by atoms with Gasteiger partial charge in [0.2, 0.25) is 5.91 Å². The number of aryl methyl sites for hydroxylation is 1. The molecule has 0 saturated carbocycles. The second-order valence-corrected chi connectivity index (χ2v) is 5.54. The van der Waals surface area contributed by atoms with Gasteiger partial charge in [-0.25, -0.2) is 4.39 Å². The van der Waals surface area contributed by atoms with Gasteiger partial charge in [0.15, 0.2) is 0 Å². The van der Waals surface area contributed by atoms with E-state index in [1.54, 1.807) is 24.1 Å². The summed E-state index contributed by atoms with van der Waals surface area (Å²) in [7, 11) is 3.46.